The highest BCUT2D eigenvalue weighted by Crippen LogP contribution is 2.10. The maximum Gasteiger partial charge on any atom is 0.126 e. The molecule has 0 radical (unpaired) electrons. The molecule has 0 saturated carbocycles. The monoisotopic (exact) mass is 167 g/mol. The number of halogens is 1. The highest BCUT2D eigenvalue weighted by molar-refractivity contribution is 5.24. The van der Waals surface area contributed by atoms with Gasteiger partial charge in [0.25, 0.3) is 0 Å². The molecule has 12 heavy (non-hydrogen) atoms. The molecule has 0 bridgehead atoms. The van der Waals surface area contributed by atoms with Crippen molar-refractivity contribution in [3.63, 3.8) is 0 Å². The van der Waals surface area contributed by atoms with E-state index in [1.807, 2.05) is 26.1 Å². The fourth-order valence-corrected chi connectivity index (χ4v) is 1.19. The highest BCUT2D eigenvalue weighted by Gasteiger charge is 2.00. The molecule has 1 aromatic rings. The molecule has 0 aliphatic heterocycles. The SMILES string of the molecule is CCc1ccc(CNC)cc1F. The van der Waals surface area contributed by atoms with E-state index in [4.69, 9.17) is 0 Å². The molecule has 1 N–H and O–H groups in total. The third kappa shape index (κ3) is 2.05. The predicted molar refractivity (Wildman–Crippen MR) is 48.5 cm³/mol. The molecule has 0 saturated heterocycles. The minimum absolute atomic E-state index is 0.0924. The van der Waals surface area contributed by atoms with Crippen LogP contribution in [0.15, 0.2) is 18.2 Å². The van der Waals surface area contributed by atoms with Crippen LogP contribution in [-0.2, 0) is 13.0 Å². The molecule has 0 aliphatic rings. The first-order valence-corrected chi connectivity index (χ1v) is 4.19. The molecule has 0 fully saturated rings. The van der Waals surface area contributed by atoms with Crippen molar-refractivity contribution < 1.29 is 4.39 Å². The van der Waals surface area contributed by atoms with Crippen LogP contribution in [0.3, 0.4) is 0 Å². The smallest absolute Gasteiger partial charge is 0.126 e. The number of benzene rings is 1. The van der Waals surface area contributed by atoms with E-state index in [1.165, 1.54) is 0 Å². The largest absolute Gasteiger partial charge is 0.316 e. The maximum atomic E-state index is 13.1. The first kappa shape index (κ1) is 9.20. The van der Waals surface area contributed by atoms with Gasteiger partial charge in [0.05, 0.1) is 0 Å². The van der Waals surface area contributed by atoms with Gasteiger partial charge in [0.1, 0.15) is 5.82 Å². The standard InChI is InChI=1S/C10H14FN/c1-3-9-5-4-8(7-12-2)6-10(9)11/h4-6,12H,3,7H2,1-2H3. The van der Waals surface area contributed by atoms with Gasteiger partial charge in [-0.05, 0) is 30.7 Å². The predicted octanol–water partition coefficient (Wildman–Crippen LogP) is 2.11. The van der Waals surface area contributed by atoms with Crippen molar-refractivity contribution in [1.82, 2.24) is 5.32 Å². The first-order valence-electron chi connectivity index (χ1n) is 4.19. The van der Waals surface area contributed by atoms with Gasteiger partial charge >= 0.3 is 0 Å². The number of rotatable bonds is 3. The summed E-state index contributed by atoms with van der Waals surface area (Å²) in [4.78, 5) is 0. The van der Waals surface area contributed by atoms with Crippen LogP contribution < -0.4 is 5.32 Å². The van der Waals surface area contributed by atoms with Gasteiger partial charge in [0.15, 0.2) is 0 Å². The Hall–Kier alpha value is -0.890. The molecule has 0 atom stereocenters. The lowest BCUT2D eigenvalue weighted by molar-refractivity contribution is 0.608. The second-order valence-corrected chi connectivity index (χ2v) is 2.81. The van der Waals surface area contributed by atoms with Gasteiger partial charge in [-0.25, -0.2) is 4.39 Å². The summed E-state index contributed by atoms with van der Waals surface area (Å²) in [6.45, 7) is 2.68. The molecule has 0 aromatic heterocycles. The lowest BCUT2D eigenvalue weighted by Gasteiger charge is -2.03. The molecule has 2 heteroatoms. The van der Waals surface area contributed by atoms with E-state index < -0.39 is 0 Å². The zero-order valence-electron chi connectivity index (χ0n) is 7.52. The summed E-state index contributed by atoms with van der Waals surface area (Å²) in [5.74, 6) is -0.0924. The maximum absolute atomic E-state index is 13.1. The van der Waals surface area contributed by atoms with Crippen LogP contribution in [0.25, 0.3) is 0 Å². The number of hydrogen-bond acceptors (Lipinski definition) is 1. The quantitative estimate of drug-likeness (QED) is 0.727. The molecule has 0 unspecified atom stereocenters. The van der Waals surface area contributed by atoms with Gasteiger partial charge in [0, 0.05) is 6.54 Å². The Morgan fingerprint density at radius 3 is 2.67 bits per heavy atom. The molecule has 0 heterocycles. The van der Waals surface area contributed by atoms with Gasteiger partial charge in [-0.15, -0.1) is 0 Å². The van der Waals surface area contributed by atoms with Crippen LogP contribution in [0, 0.1) is 5.82 Å². The lowest BCUT2D eigenvalue weighted by Crippen LogP contribution is -2.05. The molecular weight excluding hydrogens is 153 g/mol. The van der Waals surface area contributed by atoms with Crippen LogP contribution in [0.1, 0.15) is 18.1 Å². The lowest BCUT2D eigenvalue weighted by atomic mass is 10.1. The van der Waals surface area contributed by atoms with E-state index in [1.54, 1.807) is 6.07 Å². The first-order chi connectivity index (χ1) is 5.77. The zero-order valence-corrected chi connectivity index (χ0v) is 7.52. The molecule has 1 rings (SSSR count). The Labute approximate surface area is 72.6 Å². The van der Waals surface area contributed by atoms with Crippen molar-refractivity contribution >= 4 is 0 Å². The van der Waals surface area contributed by atoms with Crippen molar-refractivity contribution in [2.75, 3.05) is 7.05 Å². The summed E-state index contributed by atoms with van der Waals surface area (Å²) in [5, 5.41) is 2.98. The summed E-state index contributed by atoms with van der Waals surface area (Å²) in [7, 11) is 1.85. The van der Waals surface area contributed by atoms with E-state index in [9.17, 15) is 4.39 Å². The molecule has 0 aliphatic carbocycles. The summed E-state index contributed by atoms with van der Waals surface area (Å²) in [6.07, 6.45) is 0.756. The normalized spacial score (nSPS) is 10.2. The molecule has 1 aromatic carbocycles. The Bertz CT molecular complexity index is 258. The van der Waals surface area contributed by atoms with E-state index >= 15 is 0 Å². The minimum atomic E-state index is -0.0924. The van der Waals surface area contributed by atoms with Crippen LogP contribution in [0.5, 0.6) is 0 Å². The number of nitrogens with one attached hydrogen (secondary N) is 1. The van der Waals surface area contributed by atoms with Gasteiger partial charge in [-0.3, -0.25) is 0 Å². The average molecular weight is 167 g/mol. The fourth-order valence-electron chi connectivity index (χ4n) is 1.19. The Morgan fingerprint density at radius 1 is 1.42 bits per heavy atom. The summed E-state index contributed by atoms with van der Waals surface area (Å²) in [5.41, 5.74) is 1.78. The zero-order chi connectivity index (χ0) is 8.97. The van der Waals surface area contributed by atoms with Gasteiger partial charge in [0.2, 0.25) is 0 Å². The highest BCUT2D eigenvalue weighted by atomic mass is 19.1. The fraction of sp³-hybridized carbons (Fsp3) is 0.400. The second kappa shape index (κ2) is 4.21. The van der Waals surface area contributed by atoms with Crippen LogP contribution >= 0.6 is 0 Å². The molecule has 0 amide bonds. The molecule has 1 nitrogen and oxygen atoms in total. The van der Waals surface area contributed by atoms with Crippen LogP contribution in [-0.4, -0.2) is 7.05 Å². The molecule has 66 valence electrons. The van der Waals surface area contributed by atoms with E-state index in [-0.39, 0.29) is 5.82 Å². The van der Waals surface area contributed by atoms with Gasteiger partial charge in [-0.1, -0.05) is 19.1 Å². The van der Waals surface area contributed by atoms with Crippen molar-refractivity contribution in [3.8, 4) is 0 Å². The Morgan fingerprint density at radius 2 is 2.17 bits per heavy atom. The Kier molecular flexibility index (Phi) is 3.23. The van der Waals surface area contributed by atoms with Crippen molar-refractivity contribution in [2.45, 2.75) is 19.9 Å². The Balaban J connectivity index is 2.86. The van der Waals surface area contributed by atoms with Crippen molar-refractivity contribution in [1.29, 1.82) is 0 Å². The van der Waals surface area contributed by atoms with E-state index in [0.29, 0.717) is 0 Å². The van der Waals surface area contributed by atoms with Gasteiger partial charge < -0.3 is 5.32 Å². The van der Waals surface area contributed by atoms with Crippen molar-refractivity contribution in [2.24, 2.45) is 0 Å². The second-order valence-electron chi connectivity index (χ2n) is 2.81. The topological polar surface area (TPSA) is 12.0 Å². The minimum Gasteiger partial charge on any atom is -0.316 e. The third-order valence-electron chi connectivity index (χ3n) is 1.88. The number of hydrogen-bond donors (Lipinski definition) is 1. The summed E-state index contributed by atoms with van der Waals surface area (Å²) in [6, 6.07) is 5.40. The third-order valence-corrected chi connectivity index (χ3v) is 1.88. The summed E-state index contributed by atoms with van der Waals surface area (Å²) >= 11 is 0. The molecule has 0 spiro atoms. The number of aryl methyl sites for hydroxylation is 1. The molecular formula is C10H14FN. The van der Waals surface area contributed by atoms with Crippen LogP contribution in [0.2, 0.25) is 0 Å². The van der Waals surface area contributed by atoms with E-state index in [2.05, 4.69) is 5.32 Å². The average Bonchev–Trinajstić information content (AvgIpc) is 2.05. The summed E-state index contributed by atoms with van der Waals surface area (Å²) < 4.78 is 13.1. The van der Waals surface area contributed by atoms with Crippen LogP contribution in [0.4, 0.5) is 4.39 Å². The van der Waals surface area contributed by atoms with Crippen molar-refractivity contribution in [3.05, 3.63) is 35.1 Å². The van der Waals surface area contributed by atoms with Gasteiger partial charge in [-0.2, -0.15) is 0 Å². The van der Waals surface area contributed by atoms with E-state index in [0.717, 1.165) is 24.1 Å².